The molecule has 0 spiro atoms. The lowest BCUT2D eigenvalue weighted by atomic mass is 10.1. The molecule has 1 aromatic carbocycles. The van der Waals surface area contributed by atoms with E-state index < -0.39 is 0 Å². The number of halogens is 1. The first-order valence-corrected chi connectivity index (χ1v) is 8.83. The van der Waals surface area contributed by atoms with Crippen molar-refractivity contribution >= 4 is 40.8 Å². The Morgan fingerprint density at radius 2 is 2.19 bits per heavy atom. The standard InChI is InChI=1S/C19H26N4O2.HI/c1-20-19(22-10-4-11-25-17-8-12-24-14-17)23-13-16-6-2-5-15-7-3-9-21-18(15)16;/h2-3,5-7,9,17H,4,8,10-14H2,1H3,(H2,20,22,23);1H. The minimum Gasteiger partial charge on any atom is -0.379 e. The quantitative estimate of drug-likeness (QED) is 0.282. The van der Waals surface area contributed by atoms with Crippen LogP contribution in [0.4, 0.5) is 0 Å². The number of hydrogen-bond donors (Lipinski definition) is 2. The van der Waals surface area contributed by atoms with Crippen LogP contribution in [0.15, 0.2) is 41.5 Å². The molecule has 1 saturated heterocycles. The van der Waals surface area contributed by atoms with E-state index >= 15 is 0 Å². The fourth-order valence-electron chi connectivity index (χ4n) is 2.88. The van der Waals surface area contributed by atoms with Crippen molar-refractivity contribution in [2.24, 2.45) is 4.99 Å². The van der Waals surface area contributed by atoms with Gasteiger partial charge in [0.05, 0.1) is 18.2 Å². The lowest BCUT2D eigenvalue weighted by Crippen LogP contribution is -2.37. The number of fused-ring (bicyclic) bond motifs is 1. The number of aliphatic imine (C=N–C) groups is 1. The molecule has 3 rings (SSSR count). The molecule has 2 heterocycles. The van der Waals surface area contributed by atoms with Crippen molar-refractivity contribution in [3.63, 3.8) is 0 Å². The monoisotopic (exact) mass is 470 g/mol. The highest BCUT2D eigenvalue weighted by Gasteiger charge is 2.15. The second-order valence-electron chi connectivity index (χ2n) is 6.05. The summed E-state index contributed by atoms with van der Waals surface area (Å²) in [4.78, 5) is 8.75. The fourth-order valence-corrected chi connectivity index (χ4v) is 2.88. The molecule has 0 saturated carbocycles. The Morgan fingerprint density at radius 3 is 3.00 bits per heavy atom. The molecule has 1 fully saturated rings. The Hall–Kier alpha value is -1.45. The van der Waals surface area contributed by atoms with Crippen molar-refractivity contribution < 1.29 is 9.47 Å². The number of pyridine rings is 1. The van der Waals surface area contributed by atoms with Crippen LogP contribution >= 0.6 is 24.0 Å². The molecule has 0 amide bonds. The minimum absolute atomic E-state index is 0. The highest BCUT2D eigenvalue weighted by atomic mass is 127. The number of hydrogen-bond acceptors (Lipinski definition) is 4. The van der Waals surface area contributed by atoms with Gasteiger partial charge in [0, 0.05) is 44.9 Å². The van der Waals surface area contributed by atoms with Gasteiger partial charge in [-0.2, -0.15) is 0 Å². The fraction of sp³-hybridized carbons (Fsp3) is 0.474. The number of nitrogens with zero attached hydrogens (tertiary/aromatic N) is 2. The molecule has 142 valence electrons. The van der Waals surface area contributed by atoms with Crippen LogP contribution in [0.25, 0.3) is 10.9 Å². The van der Waals surface area contributed by atoms with Gasteiger partial charge in [0.1, 0.15) is 0 Å². The predicted molar refractivity (Wildman–Crippen MR) is 115 cm³/mol. The van der Waals surface area contributed by atoms with E-state index in [2.05, 4.69) is 44.9 Å². The van der Waals surface area contributed by atoms with Crippen LogP contribution in [-0.2, 0) is 16.0 Å². The van der Waals surface area contributed by atoms with Crippen molar-refractivity contribution in [3.8, 4) is 0 Å². The molecule has 7 heteroatoms. The number of ether oxygens (including phenoxy) is 2. The van der Waals surface area contributed by atoms with Crippen LogP contribution in [0.5, 0.6) is 0 Å². The van der Waals surface area contributed by atoms with E-state index in [1.54, 1.807) is 7.05 Å². The largest absolute Gasteiger partial charge is 0.379 e. The highest BCUT2D eigenvalue weighted by molar-refractivity contribution is 14.0. The van der Waals surface area contributed by atoms with Gasteiger partial charge in [0.25, 0.3) is 0 Å². The summed E-state index contributed by atoms with van der Waals surface area (Å²) in [5.41, 5.74) is 2.19. The molecule has 1 aliphatic rings. The minimum atomic E-state index is 0. The number of guanidine groups is 1. The van der Waals surface area contributed by atoms with E-state index in [1.807, 2.05) is 12.3 Å². The van der Waals surface area contributed by atoms with E-state index in [-0.39, 0.29) is 30.1 Å². The zero-order valence-electron chi connectivity index (χ0n) is 15.1. The maximum absolute atomic E-state index is 5.76. The van der Waals surface area contributed by atoms with Gasteiger partial charge in [0.15, 0.2) is 5.96 Å². The van der Waals surface area contributed by atoms with Gasteiger partial charge >= 0.3 is 0 Å². The molecule has 1 unspecified atom stereocenters. The van der Waals surface area contributed by atoms with Crippen LogP contribution in [0.2, 0.25) is 0 Å². The van der Waals surface area contributed by atoms with Gasteiger partial charge in [-0.15, -0.1) is 24.0 Å². The summed E-state index contributed by atoms with van der Waals surface area (Å²) in [6.45, 7) is 3.80. The Balaban J connectivity index is 0.00000243. The first-order chi connectivity index (χ1) is 12.4. The zero-order chi connectivity index (χ0) is 17.3. The molecule has 2 N–H and O–H groups in total. The Morgan fingerprint density at radius 1 is 1.31 bits per heavy atom. The van der Waals surface area contributed by atoms with E-state index in [0.717, 1.165) is 61.6 Å². The third-order valence-corrected chi connectivity index (χ3v) is 4.24. The number of aromatic nitrogens is 1. The van der Waals surface area contributed by atoms with E-state index in [9.17, 15) is 0 Å². The molecule has 26 heavy (non-hydrogen) atoms. The first kappa shape index (κ1) is 20.9. The Bertz CT molecular complexity index is 700. The van der Waals surface area contributed by atoms with Crippen LogP contribution in [-0.4, -0.2) is 50.5 Å². The van der Waals surface area contributed by atoms with E-state index in [1.165, 1.54) is 0 Å². The lowest BCUT2D eigenvalue weighted by molar-refractivity contribution is 0.0420. The van der Waals surface area contributed by atoms with Crippen molar-refractivity contribution in [2.45, 2.75) is 25.5 Å². The average Bonchev–Trinajstić information content (AvgIpc) is 3.17. The van der Waals surface area contributed by atoms with Crippen LogP contribution < -0.4 is 10.6 Å². The van der Waals surface area contributed by atoms with E-state index in [0.29, 0.717) is 6.54 Å². The molecular weight excluding hydrogens is 443 g/mol. The third-order valence-electron chi connectivity index (χ3n) is 4.24. The number of benzene rings is 1. The van der Waals surface area contributed by atoms with Gasteiger partial charge in [0.2, 0.25) is 0 Å². The summed E-state index contributed by atoms with van der Waals surface area (Å²) in [6, 6.07) is 10.3. The van der Waals surface area contributed by atoms with Crippen molar-refractivity contribution in [1.82, 2.24) is 15.6 Å². The Labute approximate surface area is 171 Å². The molecular formula is C19H27IN4O2. The van der Waals surface area contributed by atoms with E-state index in [4.69, 9.17) is 9.47 Å². The first-order valence-electron chi connectivity index (χ1n) is 8.83. The highest BCUT2D eigenvalue weighted by Crippen LogP contribution is 2.15. The smallest absolute Gasteiger partial charge is 0.191 e. The summed E-state index contributed by atoms with van der Waals surface area (Å²) in [5, 5.41) is 7.82. The number of rotatable bonds is 7. The summed E-state index contributed by atoms with van der Waals surface area (Å²) in [7, 11) is 1.78. The van der Waals surface area contributed by atoms with Crippen LogP contribution in [0.1, 0.15) is 18.4 Å². The van der Waals surface area contributed by atoms with Gasteiger partial charge in [-0.1, -0.05) is 24.3 Å². The van der Waals surface area contributed by atoms with Crippen molar-refractivity contribution in [1.29, 1.82) is 0 Å². The average molecular weight is 470 g/mol. The molecule has 0 aliphatic carbocycles. The summed E-state index contributed by atoms with van der Waals surface area (Å²) in [5.74, 6) is 0.789. The summed E-state index contributed by atoms with van der Waals surface area (Å²) < 4.78 is 11.1. The van der Waals surface area contributed by atoms with Gasteiger partial charge in [-0.3, -0.25) is 9.98 Å². The molecule has 1 atom stereocenters. The number of nitrogens with one attached hydrogen (secondary N) is 2. The maximum atomic E-state index is 5.76. The van der Waals surface area contributed by atoms with Gasteiger partial charge in [-0.25, -0.2) is 0 Å². The molecule has 1 aliphatic heterocycles. The molecule has 2 aromatic rings. The van der Waals surface area contributed by atoms with Gasteiger partial charge < -0.3 is 20.1 Å². The zero-order valence-corrected chi connectivity index (χ0v) is 17.4. The normalized spacial score (nSPS) is 17.1. The van der Waals surface area contributed by atoms with Crippen molar-refractivity contribution in [2.75, 3.05) is 33.4 Å². The summed E-state index contributed by atoms with van der Waals surface area (Å²) >= 11 is 0. The lowest BCUT2D eigenvalue weighted by Gasteiger charge is -2.14. The molecule has 0 bridgehead atoms. The van der Waals surface area contributed by atoms with Gasteiger partial charge in [-0.05, 0) is 24.5 Å². The second-order valence-corrected chi connectivity index (χ2v) is 6.05. The second kappa shape index (κ2) is 11.3. The SMILES string of the molecule is CN=C(NCCCOC1CCOC1)NCc1cccc2cccnc12.I. The molecule has 1 aromatic heterocycles. The Kier molecular flexibility index (Phi) is 9.07. The molecule has 0 radical (unpaired) electrons. The van der Waals surface area contributed by atoms with Crippen LogP contribution in [0.3, 0.4) is 0 Å². The van der Waals surface area contributed by atoms with Crippen LogP contribution in [0, 0.1) is 0 Å². The number of para-hydroxylation sites is 1. The van der Waals surface area contributed by atoms with Crippen molar-refractivity contribution in [3.05, 3.63) is 42.1 Å². The predicted octanol–water partition coefficient (Wildman–Crippen LogP) is 2.71. The topological polar surface area (TPSA) is 67.8 Å². The molecule has 6 nitrogen and oxygen atoms in total. The maximum Gasteiger partial charge on any atom is 0.191 e. The third kappa shape index (κ3) is 6.07. The summed E-state index contributed by atoms with van der Waals surface area (Å²) in [6.07, 6.45) is 4.05.